The largest absolute Gasteiger partial charge is 0.490 e. The first-order chi connectivity index (χ1) is 13.0. The van der Waals surface area contributed by atoms with Gasteiger partial charge >= 0.3 is 0 Å². The van der Waals surface area contributed by atoms with E-state index in [4.69, 9.17) is 21.6 Å². The minimum atomic E-state index is 0.0785. The van der Waals surface area contributed by atoms with Crippen molar-refractivity contribution in [2.45, 2.75) is 38.3 Å². The molecule has 2 saturated heterocycles. The molecule has 0 aromatic heterocycles. The molecule has 138 valence electrons. The number of carbonyl (C=O) groups excluding carboxylic acids is 1. The molecule has 2 aromatic carbocycles. The Morgan fingerprint density at radius 3 is 2.63 bits per heavy atom. The van der Waals surface area contributed by atoms with Gasteiger partial charge in [0.25, 0.3) is 5.91 Å². The van der Waals surface area contributed by atoms with Gasteiger partial charge in [0.15, 0.2) is 0 Å². The molecule has 3 atom stereocenters. The number of hydrogen-bond acceptors (Lipinski definition) is 3. The van der Waals surface area contributed by atoms with Crippen LogP contribution >= 0.6 is 11.6 Å². The Hall–Kier alpha value is -2.51. The lowest BCUT2D eigenvalue weighted by Crippen LogP contribution is -2.57. The monoisotopic (exact) mass is 380 g/mol. The molecule has 2 aliphatic heterocycles. The summed E-state index contributed by atoms with van der Waals surface area (Å²) in [5.41, 5.74) is 2.36. The number of piperidine rings is 2. The van der Waals surface area contributed by atoms with Gasteiger partial charge in [0.1, 0.15) is 17.9 Å². The second-order valence-electron chi connectivity index (χ2n) is 7.46. The first-order valence-corrected chi connectivity index (χ1v) is 9.67. The fourth-order valence-corrected chi connectivity index (χ4v) is 4.37. The normalized spacial score (nSPS) is 23.7. The highest BCUT2D eigenvalue weighted by molar-refractivity contribution is 6.31. The van der Waals surface area contributed by atoms with Crippen LogP contribution in [0.2, 0.25) is 5.02 Å². The summed E-state index contributed by atoms with van der Waals surface area (Å²) in [5, 5.41) is 9.40. The molecule has 4 nitrogen and oxygen atoms in total. The van der Waals surface area contributed by atoms with Crippen LogP contribution < -0.4 is 4.74 Å². The summed E-state index contributed by atoms with van der Waals surface area (Å²) in [6.45, 7) is 2.75. The number of amides is 1. The molecule has 2 bridgehead atoms. The van der Waals surface area contributed by atoms with Gasteiger partial charge in [0.05, 0.1) is 10.6 Å². The summed E-state index contributed by atoms with van der Waals surface area (Å²) in [7, 11) is 0. The van der Waals surface area contributed by atoms with Crippen molar-refractivity contribution in [1.29, 1.82) is 5.26 Å². The number of carbonyl (C=O) groups is 1. The fraction of sp³-hybridized carbons (Fsp3) is 0.364. The summed E-state index contributed by atoms with van der Waals surface area (Å²) < 4.78 is 6.19. The molecule has 5 rings (SSSR count). The van der Waals surface area contributed by atoms with Crippen molar-refractivity contribution in [3.05, 3.63) is 64.2 Å². The maximum absolute atomic E-state index is 12.9. The lowest BCUT2D eigenvalue weighted by Gasteiger charge is -2.49. The van der Waals surface area contributed by atoms with Crippen molar-refractivity contribution in [2.24, 2.45) is 5.92 Å². The Labute approximate surface area is 164 Å². The lowest BCUT2D eigenvalue weighted by atomic mass is 9.77. The van der Waals surface area contributed by atoms with Crippen molar-refractivity contribution >= 4 is 17.5 Å². The minimum absolute atomic E-state index is 0.0785. The SMILES string of the molecule is Cc1ccc(C(=O)N2CC3CCC2CC3Oc2ccc(C#N)c(Cl)c2)cc1. The summed E-state index contributed by atoms with van der Waals surface area (Å²) in [6.07, 6.45) is 3.00. The van der Waals surface area contributed by atoms with E-state index in [0.717, 1.165) is 36.9 Å². The number of nitriles is 1. The van der Waals surface area contributed by atoms with Gasteiger partial charge < -0.3 is 9.64 Å². The fourth-order valence-electron chi connectivity index (χ4n) is 4.15. The molecule has 2 aromatic rings. The Bertz CT molecular complexity index is 904. The van der Waals surface area contributed by atoms with E-state index in [-0.39, 0.29) is 18.1 Å². The van der Waals surface area contributed by atoms with Gasteiger partial charge in [-0.1, -0.05) is 29.3 Å². The van der Waals surface area contributed by atoms with Crippen LogP contribution in [0.15, 0.2) is 42.5 Å². The molecule has 3 aliphatic rings. The second-order valence-corrected chi connectivity index (χ2v) is 7.87. The van der Waals surface area contributed by atoms with Crippen LogP contribution in [-0.2, 0) is 0 Å². The minimum Gasteiger partial charge on any atom is -0.490 e. The van der Waals surface area contributed by atoms with Crippen molar-refractivity contribution in [1.82, 2.24) is 4.90 Å². The van der Waals surface area contributed by atoms with E-state index in [1.807, 2.05) is 36.1 Å². The van der Waals surface area contributed by atoms with Crippen molar-refractivity contribution in [2.75, 3.05) is 6.54 Å². The number of ether oxygens (including phenoxy) is 1. The molecule has 1 amide bonds. The van der Waals surface area contributed by atoms with E-state index in [9.17, 15) is 4.79 Å². The van der Waals surface area contributed by atoms with Crippen LogP contribution in [0.1, 0.15) is 40.7 Å². The highest BCUT2D eigenvalue weighted by Gasteiger charge is 2.43. The molecule has 27 heavy (non-hydrogen) atoms. The van der Waals surface area contributed by atoms with E-state index < -0.39 is 0 Å². The summed E-state index contributed by atoms with van der Waals surface area (Å²) in [4.78, 5) is 14.9. The second kappa shape index (κ2) is 7.25. The van der Waals surface area contributed by atoms with Gasteiger partial charge in [-0.05, 0) is 44.0 Å². The lowest BCUT2D eigenvalue weighted by molar-refractivity contribution is -0.0261. The van der Waals surface area contributed by atoms with Gasteiger partial charge in [0.2, 0.25) is 0 Å². The van der Waals surface area contributed by atoms with E-state index in [2.05, 4.69) is 6.07 Å². The average molecular weight is 381 g/mol. The van der Waals surface area contributed by atoms with Crippen molar-refractivity contribution in [3.63, 3.8) is 0 Å². The third-order valence-corrected chi connectivity index (χ3v) is 5.99. The molecule has 3 fully saturated rings. The molecule has 0 spiro atoms. The van der Waals surface area contributed by atoms with Gasteiger partial charge in [-0.15, -0.1) is 0 Å². The third kappa shape index (κ3) is 3.52. The first kappa shape index (κ1) is 17.9. The zero-order valence-electron chi connectivity index (χ0n) is 15.2. The van der Waals surface area contributed by atoms with Crippen LogP contribution in [0, 0.1) is 24.2 Å². The van der Waals surface area contributed by atoms with Crippen LogP contribution in [0.25, 0.3) is 0 Å². The average Bonchev–Trinajstić information content (AvgIpc) is 2.69. The quantitative estimate of drug-likeness (QED) is 0.782. The highest BCUT2D eigenvalue weighted by atomic mass is 35.5. The van der Waals surface area contributed by atoms with Crippen molar-refractivity contribution in [3.8, 4) is 11.8 Å². The van der Waals surface area contributed by atoms with Crippen LogP contribution in [0.5, 0.6) is 5.75 Å². The molecule has 1 aliphatic carbocycles. The Balaban J connectivity index is 1.46. The predicted octanol–water partition coefficient (Wildman–Crippen LogP) is 4.59. The first-order valence-electron chi connectivity index (χ1n) is 9.29. The van der Waals surface area contributed by atoms with Gasteiger partial charge in [-0.3, -0.25) is 4.79 Å². The van der Waals surface area contributed by atoms with Crippen LogP contribution in [-0.4, -0.2) is 29.5 Å². The standard InChI is InChI=1S/C22H21ClN2O2/c1-14-2-4-15(5-3-14)22(26)25-13-17-6-8-18(25)10-21(17)27-19-9-7-16(12-24)20(23)11-19/h2-5,7,9,11,17-18,21H,6,8,10,13H2,1H3. The smallest absolute Gasteiger partial charge is 0.254 e. The molecule has 5 heteroatoms. The zero-order valence-corrected chi connectivity index (χ0v) is 15.9. The molecule has 3 unspecified atom stereocenters. The van der Waals surface area contributed by atoms with Gasteiger partial charge in [0, 0.05) is 36.6 Å². The Morgan fingerprint density at radius 2 is 2.00 bits per heavy atom. The Morgan fingerprint density at radius 1 is 1.22 bits per heavy atom. The summed E-state index contributed by atoms with van der Waals surface area (Å²) in [5.74, 6) is 1.12. The highest BCUT2D eigenvalue weighted by Crippen LogP contribution is 2.38. The van der Waals surface area contributed by atoms with Crippen LogP contribution in [0.4, 0.5) is 0 Å². The molecule has 2 heterocycles. The van der Waals surface area contributed by atoms with Gasteiger partial charge in [-0.25, -0.2) is 0 Å². The molecular formula is C22H21ClN2O2. The third-order valence-electron chi connectivity index (χ3n) is 5.68. The molecule has 1 saturated carbocycles. The number of rotatable bonds is 3. The molecule has 0 N–H and O–H groups in total. The number of nitrogens with zero attached hydrogens (tertiary/aromatic N) is 2. The number of halogens is 1. The predicted molar refractivity (Wildman–Crippen MR) is 104 cm³/mol. The zero-order chi connectivity index (χ0) is 19.0. The van der Waals surface area contributed by atoms with Gasteiger partial charge in [-0.2, -0.15) is 5.26 Å². The Kier molecular flexibility index (Phi) is 4.80. The van der Waals surface area contributed by atoms with E-state index >= 15 is 0 Å². The molecular weight excluding hydrogens is 360 g/mol. The van der Waals surface area contributed by atoms with Crippen molar-refractivity contribution < 1.29 is 9.53 Å². The van der Waals surface area contributed by atoms with E-state index in [1.165, 1.54) is 0 Å². The maximum Gasteiger partial charge on any atom is 0.254 e. The topological polar surface area (TPSA) is 53.3 Å². The van der Waals surface area contributed by atoms with E-state index in [0.29, 0.717) is 22.3 Å². The number of hydrogen-bond donors (Lipinski definition) is 0. The molecule has 0 radical (unpaired) electrons. The number of fused-ring (bicyclic) bond motifs is 3. The number of aryl methyl sites for hydroxylation is 1. The van der Waals surface area contributed by atoms with Crippen LogP contribution in [0.3, 0.4) is 0 Å². The summed E-state index contributed by atoms with van der Waals surface area (Å²) in [6, 6.07) is 15.2. The van der Waals surface area contributed by atoms with E-state index in [1.54, 1.807) is 18.2 Å². The summed E-state index contributed by atoms with van der Waals surface area (Å²) >= 11 is 6.11. The maximum atomic E-state index is 12.9. The number of benzene rings is 2.